The smallest absolute Gasteiger partial charge is 0.146 e. The van der Waals surface area contributed by atoms with Gasteiger partial charge in [0, 0.05) is 26.0 Å². The standard InChI is InChI=1S/C13H11FN2S2/c1-15-13(8-2-4-16-7-9(8)14)12-6-11-10(18-12)3-5-17-11/h2-7,13,15H,1H3. The third kappa shape index (κ3) is 1.94. The number of hydrogen-bond donors (Lipinski definition) is 1. The van der Waals surface area contributed by atoms with Crippen molar-refractivity contribution in [1.82, 2.24) is 10.3 Å². The quantitative estimate of drug-likeness (QED) is 0.788. The lowest BCUT2D eigenvalue weighted by molar-refractivity contribution is 0.574. The number of hydrogen-bond acceptors (Lipinski definition) is 4. The molecule has 3 aromatic rings. The molecule has 0 radical (unpaired) electrons. The molecular formula is C13H11FN2S2. The molecule has 0 spiro atoms. The van der Waals surface area contributed by atoms with Crippen LogP contribution in [0.25, 0.3) is 9.40 Å². The Morgan fingerprint density at radius 1 is 1.33 bits per heavy atom. The van der Waals surface area contributed by atoms with E-state index in [0.717, 1.165) is 4.88 Å². The van der Waals surface area contributed by atoms with E-state index in [4.69, 9.17) is 0 Å². The van der Waals surface area contributed by atoms with Gasteiger partial charge in [0.2, 0.25) is 0 Å². The summed E-state index contributed by atoms with van der Waals surface area (Å²) in [6.07, 6.45) is 2.88. The Morgan fingerprint density at radius 2 is 2.22 bits per heavy atom. The average molecular weight is 278 g/mol. The average Bonchev–Trinajstić information content (AvgIpc) is 2.93. The van der Waals surface area contributed by atoms with Gasteiger partial charge in [-0.05, 0) is 30.6 Å². The molecule has 0 saturated heterocycles. The minimum absolute atomic E-state index is 0.113. The first-order valence-electron chi connectivity index (χ1n) is 5.53. The molecule has 0 fully saturated rings. The van der Waals surface area contributed by atoms with E-state index < -0.39 is 0 Å². The maximum Gasteiger partial charge on any atom is 0.146 e. The van der Waals surface area contributed by atoms with E-state index >= 15 is 0 Å². The van der Waals surface area contributed by atoms with Gasteiger partial charge in [0.1, 0.15) is 5.82 Å². The van der Waals surface area contributed by atoms with Crippen LogP contribution in [0.4, 0.5) is 4.39 Å². The van der Waals surface area contributed by atoms with Crippen LogP contribution < -0.4 is 5.32 Å². The molecule has 0 saturated carbocycles. The Hall–Kier alpha value is -1.30. The Bertz CT molecular complexity index is 646. The van der Waals surface area contributed by atoms with Crippen LogP contribution in [-0.4, -0.2) is 12.0 Å². The highest BCUT2D eigenvalue weighted by Gasteiger charge is 2.18. The maximum absolute atomic E-state index is 13.8. The second-order valence-corrected chi connectivity index (χ2v) is 5.98. The van der Waals surface area contributed by atoms with Crippen molar-refractivity contribution in [1.29, 1.82) is 0 Å². The van der Waals surface area contributed by atoms with Crippen LogP contribution in [0.1, 0.15) is 16.5 Å². The van der Waals surface area contributed by atoms with Crippen molar-refractivity contribution in [2.24, 2.45) is 0 Å². The molecule has 1 unspecified atom stereocenters. The van der Waals surface area contributed by atoms with E-state index in [-0.39, 0.29) is 11.9 Å². The lowest BCUT2D eigenvalue weighted by atomic mass is 10.1. The number of halogens is 1. The van der Waals surface area contributed by atoms with Crippen molar-refractivity contribution in [3.05, 3.63) is 52.2 Å². The molecule has 18 heavy (non-hydrogen) atoms. The highest BCUT2D eigenvalue weighted by Crippen LogP contribution is 2.36. The third-order valence-corrected chi connectivity index (χ3v) is 5.00. The van der Waals surface area contributed by atoms with E-state index in [1.54, 1.807) is 34.9 Å². The SMILES string of the molecule is CNC(c1cc2sccc2s1)c1ccncc1F. The predicted molar refractivity (Wildman–Crippen MR) is 74.8 cm³/mol. The predicted octanol–water partition coefficient (Wildman–Crippen LogP) is 3.81. The van der Waals surface area contributed by atoms with Crippen LogP contribution in [0.15, 0.2) is 36.0 Å². The summed E-state index contributed by atoms with van der Waals surface area (Å²) >= 11 is 3.41. The number of fused-ring (bicyclic) bond motifs is 1. The number of pyridine rings is 1. The lowest BCUT2D eigenvalue weighted by Crippen LogP contribution is -2.17. The Labute approximate surface area is 112 Å². The second kappa shape index (κ2) is 4.76. The van der Waals surface area contributed by atoms with Crippen molar-refractivity contribution in [3.8, 4) is 0 Å². The van der Waals surface area contributed by atoms with Crippen LogP contribution >= 0.6 is 22.7 Å². The molecule has 1 N–H and O–H groups in total. The number of nitrogens with zero attached hydrogens (tertiary/aromatic N) is 1. The van der Waals surface area contributed by atoms with Gasteiger partial charge < -0.3 is 5.32 Å². The van der Waals surface area contributed by atoms with Gasteiger partial charge in [0.15, 0.2) is 0 Å². The lowest BCUT2D eigenvalue weighted by Gasteiger charge is -2.15. The van der Waals surface area contributed by atoms with Crippen molar-refractivity contribution in [3.63, 3.8) is 0 Å². The summed E-state index contributed by atoms with van der Waals surface area (Å²) in [6, 6.07) is 5.84. The number of nitrogens with one attached hydrogen (secondary N) is 1. The monoisotopic (exact) mass is 278 g/mol. The van der Waals surface area contributed by atoms with Gasteiger partial charge in [-0.25, -0.2) is 4.39 Å². The fraction of sp³-hybridized carbons (Fsp3) is 0.154. The summed E-state index contributed by atoms with van der Waals surface area (Å²) in [5.74, 6) is -0.270. The molecule has 1 atom stereocenters. The van der Waals surface area contributed by atoms with Gasteiger partial charge in [-0.3, -0.25) is 4.98 Å². The van der Waals surface area contributed by atoms with Gasteiger partial charge in [0.05, 0.1) is 12.2 Å². The number of rotatable bonds is 3. The zero-order valence-corrected chi connectivity index (χ0v) is 11.3. The van der Waals surface area contributed by atoms with Crippen LogP contribution in [0, 0.1) is 5.82 Å². The molecule has 0 aliphatic rings. The molecule has 3 aromatic heterocycles. The van der Waals surface area contributed by atoms with Gasteiger partial charge in [-0.15, -0.1) is 22.7 Å². The molecule has 3 heterocycles. The van der Waals surface area contributed by atoms with Gasteiger partial charge in [-0.2, -0.15) is 0 Å². The van der Waals surface area contributed by atoms with Gasteiger partial charge >= 0.3 is 0 Å². The Balaban J connectivity index is 2.07. The van der Waals surface area contributed by atoms with E-state index in [2.05, 4.69) is 27.8 Å². The third-order valence-electron chi connectivity index (χ3n) is 2.85. The molecule has 2 nitrogen and oxygen atoms in total. The molecule has 3 rings (SSSR count). The second-order valence-electron chi connectivity index (χ2n) is 3.92. The summed E-state index contributed by atoms with van der Waals surface area (Å²) in [7, 11) is 1.85. The van der Waals surface area contributed by atoms with E-state index in [0.29, 0.717) is 5.56 Å². The molecule has 0 bridgehead atoms. The largest absolute Gasteiger partial charge is 0.309 e. The summed E-state index contributed by atoms with van der Waals surface area (Å²) < 4.78 is 16.3. The number of aromatic nitrogens is 1. The van der Waals surface area contributed by atoms with Crippen molar-refractivity contribution < 1.29 is 4.39 Å². The van der Waals surface area contributed by atoms with E-state index in [1.807, 2.05) is 7.05 Å². The zero-order chi connectivity index (χ0) is 12.5. The minimum atomic E-state index is -0.270. The van der Waals surface area contributed by atoms with Gasteiger partial charge in [-0.1, -0.05) is 0 Å². The highest BCUT2D eigenvalue weighted by molar-refractivity contribution is 7.27. The maximum atomic E-state index is 13.8. The van der Waals surface area contributed by atoms with Crippen LogP contribution in [0.3, 0.4) is 0 Å². The Kier molecular flexibility index (Phi) is 3.11. The van der Waals surface area contributed by atoms with Crippen molar-refractivity contribution >= 4 is 32.1 Å². The first kappa shape index (κ1) is 11.8. The normalized spacial score (nSPS) is 13.0. The molecule has 0 aliphatic heterocycles. The highest BCUT2D eigenvalue weighted by atomic mass is 32.1. The van der Waals surface area contributed by atoms with Crippen LogP contribution in [0.2, 0.25) is 0 Å². The van der Waals surface area contributed by atoms with Crippen molar-refractivity contribution in [2.75, 3.05) is 7.05 Å². The summed E-state index contributed by atoms with van der Waals surface area (Å²) in [5.41, 5.74) is 0.640. The first-order chi connectivity index (χ1) is 8.79. The summed E-state index contributed by atoms with van der Waals surface area (Å²) in [4.78, 5) is 4.92. The van der Waals surface area contributed by atoms with E-state index in [1.165, 1.54) is 15.6 Å². The molecule has 92 valence electrons. The molecule has 0 aliphatic carbocycles. The molecule has 5 heteroatoms. The summed E-state index contributed by atoms with van der Waals surface area (Å²) in [5, 5.41) is 5.25. The Morgan fingerprint density at radius 3 is 2.94 bits per heavy atom. The molecular weight excluding hydrogens is 267 g/mol. The number of thiophene rings is 2. The fourth-order valence-electron chi connectivity index (χ4n) is 2.00. The topological polar surface area (TPSA) is 24.9 Å². The molecule has 0 aromatic carbocycles. The minimum Gasteiger partial charge on any atom is -0.309 e. The fourth-order valence-corrected chi connectivity index (χ4v) is 4.25. The van der Waals surface area contributed by atoms with Gasteiger partial charge in [0.25, 0.3) is 0 Å². The van der Waals surface area contributed by atoms with E-state index in [9.17, 15) is 4.39 Å². The first-order valence-corrected chi connectivity index (χ1v) is 7.23. The molecule has 0 amide bonds. The van der Waals surface area contributed by atoms with Crippen LogP contribution in [-0.2, 0) is 0 Å². The van der Waals surface area contributed by atoms with Crippen LogP contribution in [0.5, 0.6) is 0 Å². The van der Waals surface area contributed by atoms with Crippen molar-refractivity contribution in [2.45, 2.75) is 6.04 Å². The summed E-state index contributed by atoms with van der Waals surface area (Å²) in [6.45, 7) is 0. The zero-order valence-electron chi connectivity index (χ0n) is 9.68.